The van der Waals surface area contributed by atoms with E-state index in [1.807, 2.05) is 30.3 Å². The Hall–Kier alpha value is -1.80. The summed E-state index contributed by atoms with van der Waals surface area (Å²) >= 11 is 0. The van der Waals surface area contributed by atoms with Gasteiger partial charge >= 0.3 is 0 Å². The summed E-state index contributed by atoms with van der Waals surface area (Å²) in [5, 5.41) is 10.5. The van der Waals surface area contributed by atoms with Gasteiger partial charge in [0.15, 0.2) is 11.0 Å². The molecule has 1 heterocycles. The predicted molar refractivity (Wildman–Crippen MR) is 102 cm³/mol. The first-order valence-corrected chi connectivity index (χ1v) is 9.12. The lowest BCUT2D eigenvalue weighted by Crippen LogP contribution is -3.00. The Bertz CT molecular complexity index is 862. The molecule has 1 aromatic heterocycles. The van der Waals surface area contributed by atoms with Crippen LogP contribution in [0.2, 0.25) is 0 Å². The molecule has 3 rings (SSSR count). The number of fused-ring (bicyclic) bond motifs is 1. The molecule has 146 valence electrons. The molecule has 0 saturated carbocycles. The lowest BCUT2D eigenvalue weighted by molar-refractivity contribution is -0.686. The molecule has 1 unspecified atom stereocenters. The zero-order chi connectivity index (χ0) is 18.5. The number of imidazole rings is 1. The van der Waals surface area contributed by atoms with Crippen LogP contribution in [0.3, 0.4) is 0 Å². The van der Waals surface area contributed by atoms with Gasteiger partial charge < -0.3 is 38.6 Å². The Morgan fingerprint density at radius 3 is 2.33 bits per heavy atom. The Labute approximate surface area is 177 Å². The number of aromatic nitrogens is 2. The SMILES string of the molecule is CCc1n(CC)c2ccccc2[n+]1CC(O)COc1ccc(OC)cc1.[I-]. The van der Waals surface area contributed by atoms with Crippen LogP contribution in [-0.4, -0.2) is 29.5 Å². The minimum absolute atomic E-state index is 0. The lowest BCUT2D eigenvalue weighted by Gasteiger charge is -2.12. The van der Waals surface area contributed by atoms with Crippen molar-refractivity contribution in [1.29, 1.82) is 0 Å². The number of aryl methyl sites for hydroxylation is 1. The van der Waals surface area contributed by atoms with Gasteiger partial charge in [0.1, 0.15) is 30.8 Å². The van der Waals surface area contributed by atoms with Gasteiger partial charge in [-0.15, -0.1) is 0 Å². The molecule has 2 aromatic carbocycles. The van der Waals surface area contributed by atoms with Crippen molar-refractivity contribution in [2.45, 2.75) is 39.5 Å². The average Bonchev–Trinajstić information content (AvgIpc) is 2.99. The summed E-state index contributed by atoms with van der Waals surface area (Å²) in [6.45, 7) is 5.96. The fourth-order valence-electron chi connectivity index (χ4n) is 3.41. The number of nitrogens with zero attached hydrogens (tertiary/aromatic N) is 2. The maximum atomic E-state index is 10.5. The van der Waals surface area contributed by atoms with Gasteiger partial charge in [0.25, 0.3) is 5.82 Å². The van der Waals surface area contributed by atoms with Crippen LogP contribution in [0.1, 0.15) is 19.7 Å². The molecule has 0 amide bonds. The summed E-state index contributed by atoms with van der Waals surface area (Å²) < 4.78 is 15.4. The molecular weight excluding hydrogens is 455 g/mol. The number of hydrogen-bond acceptors (Lipinski definition) is 3. The van der Waals surface area contributed by atoms with E-state index in [4.69, 9.17) is 9.47 Å². The third kappa shape index (κ3) is 4.73. The third-order valence-electron chi connectivity index (χ3n) is 4.61. The Morgan fingerprint density at radius 1 is 1.04 bits per heavy atom. The summed E-state index contributed by atoms with van der Waals surface area (Å²) in [5.41, 5.74) is 2.35. The predicted octanol–water partition coefficient (Wildman–Crippen LogP) is -0.0364. The van der Waals surface area contributed by atoms with Crippen LogP contribution >= 0.6 is 0 Å². The molecule has 6 heteroatoms. The van der Waals surface area contributed by atoms with Gasteiger partial charge in [-0.25, -0.2) is 9.13 Å². The molecule has 0 saturated heterocycles. The van der Waals surface area contributed by atoms with Gasteiger partial charge in [-0.2, -0.15) is 0 Å². The molecule has 1 atom stereocenters. The van der Waals surface area contributed by atoms with Crippen molar-refractivity contribution < 1.29 is 43.1 Å². The first-order valence-electron chi connectivity index (χ1n) is 9.12. The quantitative estimate of drug-likeness (QED) is 0.363. The molecule has 0 aliphatic heterocycles. The maximum Gasteiger partial charge on any atom is 0.257 e. The highest BCUT2D eigenvalue weighted by molar-refractivity contribution is 5.72. The van der Waals surface area contributed by atoms with Crippen molar-refractivity contribution in [2.75, 3.05) is 13.7 Å². The van der Waals surface area contributed by atoms with E-state index in [9.17, 15) is 5.11 Å². The summed E-state index contributed by atoms with van der Waals surface area (Å²) in [6.07, 6.45) is 0.317. The number of aliphatic hydroxyl groups is 1. The fourth-order valence-corrected chi connectivity index (χ4v) is 3.41. The normalized spacial score (nSPS) is 11.9. The summed E-state index contributed by atoms with van der Waals surface area (Å²) in [4.78, 5) is 0. The topological polar surface area (TPSA) is 47.5 Å². The number of hydrogen-bond donors (Lipinski definition) is 1. The molecule has 0 bridgehead atoms. The Balaban J connectivity index is 0.00000261. The number of ether oxygens (including phenoxy) is 2. The highest BCUT2D eigenvalue weighted by Crippen LogP contribution is 2.18. The van der Waals surface area contributed by atoms with Crippen molar-refractivity contribution in [1.82, 2.24) is 4.57 Å². The number of methoxy groups -OCH3 is 1. The second-order valence-corrected chi connectivity index (χ2v) is 6.25. The van der Waals surface area contributed by atoms with Crippen LogP contribution < -0.4 is 38.0 Å². The van der Waals surface area contributed by atoms with Crippen LogP contribution in [0, 0.1) is 0 Å². The van der Waals surface area contributed by atoms with Gasteiger partial charge in [0, 0.05) is 6.42 Å². The number of aliphatic hydroxyl groups excluding tert-OH is 1. The molecule has 5 nitrogen and oxygen atoms in total. The van der Waals surface area contributed by atoms with E-state index < -0.39 is 6.10 Å². The van der Waals surface area contributed by atoms with E-state index in [0.717, 1.165) is 30.0 Å². The number of benzene rings is 2. The molecule has 0 spiro atoms. The first kappa shape index (κ1) is 21.5. The van der Waals surface area contributed by atoms with Gasteiger partial charge in [-0.3, -0.25) is 0 Å². The minimum atomic E-state index is -0.594. The van der Waals surface area contributed by atoms with E-state index in [1.54, 1.807) is 7.11 Å². The van der Waals surface area contributed by atoms with Gasteiger partial charge in [0.05, 0.1) is 13.7 Å². The lowest BCUT2D eigenvalue weighted by atomic mass is 10.3. The zero-order valence-electron chi connectivity index (χ0n) is 16.1. The van der Waals surface area contributed by atoms with E-state index in [0.29, 0.717) is 6.54 Å². The van der Waals surface area contributed by atoms with Gasteiger partial charge in [-0.05, 0) is 43.3 Å². The minimum Gasteiger partial charge on any atom is -1.00 e. The monoisotopic (exact) mass is 482 g/mol. The number of rotatable bonds is 8. The fraction of sp³-hybridized carbons (Fsp3) is 0.381. The van der Waals surface area contributed by atoms with E-state index >= 15 is 0 Å². The molecular formula is C21H27IN2O3. The molecule has 0 radical (unpaired) electrons. The van der Waals surface area contributed by atoms with E-state index in [-0.39, 0.29) is 30.6 Å². The Morgan fingerprint density at radius 2 is 1.70 bits per heavy atom. The standard InChI is InChI=1S/C21H27N2O3.HI/c1-4-21-22(5-2)19-8-6-7-9-20(19)23(21)14-16(24)15-26-18-12-10-17(25-3)11-13-18;/h6-13,16,24H,4-5,14-15H2,1-3H3;1H/q+1;/p-1. The van der Waals surface area contributed by atoms with E-state index in [2.05, 4.69) is 41.2 Å². The molecule has 0 fully saturated rings. The first-order chi connectivity index (χ1) is 12.7. The zero-order valence-corrected chi connectivity index (χ0v) is 18.2. The van der Waals surface area contributed by atoms with Crippen molar-refractivity contribution in [3.8, 4) is 11.5 Å². The number of para-hydroxylation sites is 2. The highest BCUT2D eigenvalue weighted by atomic mass is 127. The molecule has 0 aliphatic carbocycles. The summed E-state index contributed by atoms with van der Waals surface area (Å²) in [7, 11) is 1.63. The van der Waals surface area contributed by atoms with Gasteiger partial charge in [-0.1, -0.05) is 19.1 Å². The van der Waals surface area contributed by atoms with Crippen molar-refractivity contribution in [3.63, 3.8) is 0 Å². The van der Waals surface area contributed by atoms with Crippen LogP contribution in [-0.2, 0) is 19.5 Å². The van der Waals surface area contributed by atoms with Crippen molar-refractivity contribution >= 4 is 11.0 Å². The van der Waals surface area contributed by atoms with Crippen LogP contribution in [0.5, 0.6) is 11.5 Å². The summed E-state index contributed by atoms with van der Waals surface area (Å²) in [6, 6.07) is 15.7. The van der Waals surface area contributed by atoms with Crippen molar-refractivity contribution in [3.05, 3.63) is 54.4 Å². The van der Waals surface area contributed by atoms with E-state index in [1.165, 1.54) is 11.3 Å². The van der Waals surface area contributed by atoms with Crippen LogP contribution in [0.15, 0.2) is 48.5 Å². The average molecular weight is 482 g/mol. The van der Waals surface area contributed by atoms with Crippen molar-refractivity contribution in [2.24, 2.45) is 0 Å². The smallest absolute Gasteiger partial charge is 0.257 e. The third-order valence-corrected chi connectivity index (χ3v) is 4.61. The summed E-state index contributed by atoms with van der Waals surface area (Å²) in [5.74, 6) is 2.73. The molecule has 3 aromatic rings. The number of halogens is 1. The molecule has 1 N–H and O–H groups in total. The largest absolute Gasteiger partial charge is 1.00 e. The Kier molecular flexibility index (Phi) is 7.91. The molecule has 0 aliphatic rings. The maximum absolute atomic E-state index is 10.5. The second-order valence-electron chi connectivity index (χ2n) is 6.25. The van der Waals surface area contributed by atoms with Gasteiger partial charge in [0.2, 0.25) is 0 Å². The highest BCUT2D eigenvalue weighted by Gasteiger charge is 2.24. The second kappa shape index (κ2) is 9.94. The molecule has 27 heavy (non-hydrogen) atoms. The van der Waals surface area contributed by atoms with Crippen LogP contribution in [0.4, 0.5) is 0 Å². The van der Waals surface area contributed by atoms with Crippen LogP contribution in [0.25, 0.3) is 11.0 Å².